The number of aliphatic hydroxyl groups excluding tert-OH is 2. The number of ether oxygens (including phenoxy) is 4. The number of fused-ring (bicyclic) bond motifs is 6. The second-order valence-electron chi connectivity index (χ2n) is 5.50. The number of morpholine rings is 1. The third-order valence-electron chi connectivity index (χ3n) is 4.06. The van der Waals surface area contributed by atoms with E-state index in [4.69, 9.17) is 18.9 Å². The van der Waals surface area contributed by atoms with Gasteiger partial charge in [-0.1, -0.05) is 0 Å². The monoisotopic (exact) mass is 289 g/mol. The maximum Gasteiger partial charge on any atom is 0.186 e. The van der Waals surface area contributed by atoms with Gasteiger partial charge in [-0.15, -0.1) is 0 Å². The lowest BCUT2D eigenvalue weighted by atomic mass is 9.98. The van der Waals surface area contributed by atoms with Crippen molar-refractivity contribution in [1.29, 1.82) is 0 Å². The fourth-order valence-corrected chi connectivity index (χ4v) is 2.91. The van der Waals surface area contributed by atoms with Gasteiger partial charge in [0.15, 0.2) is 6.29 Å². The molecule has 0 saturated carbocycles. The SMILES string of the molecule is OC1C2OCCCOC(C(CN3CCOCC3)O2)C1O. The molecule has 2 bridgehead atoms. The average molecular weight is 289 g/mol. The Kier molecular flexibility index (Phi) is 4.87. The predicted octanol–water partition coefficient (Wildman–Crippen LogP) is -1.43. The summed E-state index contributed by atoms with van der Waals surface area (Å²) in [6.45, 7) is 4.73. The molecular formula is C13H23NO6. The highest BCUT2D eigenvalue weighted by molar-refractivity contribution is 4.92. The van der Waals surface area contributed by atoms with Crippen molar-refractivity contribution in [1.82, 2.24) is 4.90 Å². The molecule has 0 amide bonds. The lowest BCUT2D eigenvalue weighted by Gasteiger charge is -2.43. The summed E-state index contributed by atoms with van der Waals surface area (Å²) >= 11 is 0. The van der Waals surface area contributed by atoms with Gasteiger partial charge < -0.3 is 29.2 Å². The van der Waals surface area contributed by atoms with Gasteiger partial charge in [-0.25, -0.2) is 0 Å². The molecule has 2 N–H and O–H groups in total. The average Bonchev–Trinajstić information content (AvgIpc) is 2.60. The minimum Gasteiger partial charge on any atom is -0.387 e. The molecule has 4 heterocycles. The molecule has 4 fully saturated rings. The zero-order valence-electron chi connectivity index (χ0n) is 11.5. The lowest BCUT2D eigenvalue weighted by molar-refractivity contribution is -0.296. The first-order chi connectivity index (χ1) is 9.75. The van der Waals surface area contributed by atoms with Gasteiger partial charge in [0.25, 0.3) is 0 Å². The van der Waals surface area contributed by atoms with Gasteiger partial charge in [0.1, 0.15) is 24.4 Å². The van der Waals surface area contributed by atoms with Gasteiger partial charge in [0, 0.05) is 26.2 Å². The highest BCUT2D eigenvalue weighted by atomic mass is 16.7. The Morgan fingerprint density at radius 3 is 2.50 bits per heavy atom. The van der Waals surface area contributed by atoms with Crippen LogP contribution in [0.15, 0.2) is 0 Å². The van der Waals surface area contributed by atoms with Crippen molar-refractivity contribution in [3.63, 3.8) is 0 Å². The molecule has 5 unspecified atom stereocenters. The Bertz CT molecular complexity index is 309. The maximum atomic E-state index is 10.2. The minimum absolute atomic E-state index is 0.297. The van der Waals surface area contributed by atoms with Crippen LogP contribution < -0.4 is 0 Å². The van der Waals surface area contributed by atoms with Crippen LogP contribution in [0.1, 0.15) is 6.42 Å². The standard InChI is InChI=1S/C13H23NO6/c15-10-11(16)13-19-5-1-4-18-12(10)9(20-13)8-14-2-6-17-7-3-14/h9-13,15-16H,1-8H2. The number of rotatable bonds is 2. The molecule has 0 aromatic rings. The van der Waals surface area contributed by atoms with Gasteiger partial charge in [0.05, 0.1) is 19.8 Å². The highest BCUT2D eigenvalue weighted by Crippen LogP contribution is 2.26. The van der Waals surface area contributed by atoms with E-state index in [1.165, 1.54) is 0 Å². The van der Waals surface area contributed by atoms with Crippen LogP contribution in [0.4, 0.5) is 0 Å². The van der Waals surface area contributed by atoms with Crippen LogP contribution in [0, 0.1) is 0 Å². The van der Waals surface area contributed by atoms with E-state index in [-0.39, 0.29) is 6.10 Å². The summed E-state index contributed by atoms with van der Waals surface area (Å²) in [5.74, 6) is 0. The van der Waals surface area contributed by atoms with Gasteiger partial charge >= 0.3 is 0 Å². The topological polar surface area (TPSA) is 80.6 Å². The molecule has 116 valence electrons. The first-order valence-electron chi connectivity index (χ1n) is 7.30. The molecule has 20 heavy (non-hydrogen) atoms. The highest BCUT2D eigenvalue weighted by Gasteiger charge is 2.46. The van der Waals surface area contributed by atoms with Crippen LogP contribution >= 0.6 is 0 Å². The fraction of sp³-hybridized carbons (Fsp3) is 1.00. The van der Waals surface area contributed by atoms with Crippen molar-refractivity contribution in [2.24, 2.45) is 0 Å². The van der Waals surface area contributed by atoms with Crippen molar-refractivity contribution in [2.75, 3.05) is 46.1 Å². The number of hydrogen-bond acceptors (Lipinski definition) is 7. The van der Waals surface area contributed by atoms with E-state index >= 15 is 0 Å². The van der Waals surface area contributed by atoms with Crippen LogP contribution in [0.5, 0.6) is 0 Å². The van der Waals surface area contributed by atoms with E-state index in [9.17, 15) is 10.2 Å². The number of hydrogen-bond donors (Lipinski definition) is 2. The summed E-state index contributed by atoms with van der Waals surface area (Å²) in [5, 5.41) is 20.2. The first kappa shape index (κ1) is 14.6. The van der Waals surface area contributed by atoms with E-state index in [2.05, 4.69) is 4.90 Å². The molecule has 4 rings (SSSR count). The predicted molar refractivity (Wildman–Crippen MR) is 68.2 cm³/mol. The van der Waals surface area contributed by atoms with Crippen molar-refractivity contribution < 1.29 is 29.2 Å². The molecule has 4 aliphatic heterocycles. The summed E-state index contributed by atoms with van der Waals surface area (Å²) < 4.78 is 22.4. The van der Waals surface area contributed by atoms with Crippen molar-refractivity contribution >= 4 is 0 Å². The fourth-order valence-electron chi connectivity index (χ4n) is 2.91. The Morgan fingerprint density at radius 1 is 0.950 bits per heavy atom. The Labute approximate surface area is 118 Å². The van der Waals surface area contributed by atoms with E-state index in [1.807, 2.05) is 0 Å². The number of nitrogens with zero attached hydrogens (tertiary/aromatic N) is 1. The second kappa shape index (κ2) is 6.65. The first-order valence-corrected chi connectivity index (χ1v) is 7.30. The molecule has 0 aromatic heterocycles. The maximum absolute atomic E-state index is 10.2. The van der Waals surface area contributed by atoms with Crippen LogP contribution in [0.25, 0.3) is 0 Å². The molecule has 0 spiro atoms. The van der Waals surface area contributed by atoms with Crippen LogP contribution in [0.3, 0.4) is 0 Å². The molecule has 0 aliphatic carbocycles. The van der Waals surface area contributed by atoms with Gasteiger partial charge in [-0.2, -0.15) is 0 Å². The molecule has 4 aliphatic rings. The van der Waals surface area contributed by atoms with Gasteiger partial charge in [0.2, 0.25) is 0 Å². The molecular weight excluding hydrogens is 266 g/mol. The lowest BCUT2D eigenvalue weighted by Crippen LogP contribution is -2.61. The number of aliphatic hydroxyl groups is 2. The van der Waals surface area contributed by atoms with Gasteiger partial charge in [-0.3, -0.25) is 4.90 Å². The van der Waals surface area contributed by atoms with Gasteiger partial charge in [-0.05, 0) is 6.42 Å². The van der Waals surface area contributed by atoms with Crippen LogP contribution in [-0.4, -0.2) is 91.9 Å². The third-order valence-corrected chi connectivity index (χ3v) is 4.06. The second-order valence-corrected chi connectivity index (χ2v) is 5.50. The zero-order valence-corrected chi connectivity index (χ0v) is 11.5. The van der Waals surface area contributed by atoms with E-state index in [0.717, 1.165) is 19.5 Å². The normalized spacial score (nSPS) is 43.8. The molecule has 4 saturated heterocycles. The molecule has 0 radical (unpaired) electrons. The minimum atomic E-state index is -1.06. The molecule has 7 nitrogen and oxygen atoms in total. The van der Waals surface area contributed by atoms with Crippen molar-refractivity contribution in [3.05, 3.63) is 0 Å². The summed E-state index contributed by atoms with van der Waals surface area (Å²) in [6.07, 6.45) is -2.87. The summed E-state index contributed by atoms with van der Waals surface area (Å²) in [6, 6.07) is 0. The van der Waals surface area contributed by atoms with Crippen LogP contribution in [0.2, 0.25) is 0 Å². The largest absolute Gasteiger partial charge is 0.387 e. The summed E-state index contributed by atoms with van der Waals surface area (Å²) in [4.78, 5) is 2.23. The Hall–Kier alpha value is -0.280. The molecule has 5 atom stereocenters. The quantitative estimate of drug-likeness (QED) is 0.645. The Morgan fingerprint density at radius 2 is 1.70 bits per heavy atom. The third kappa shape index (κ3) is 3.14. The summed E-state index contributed by atoms with van der Waals surface area (Å²) in [5.41, 5.74) is 0. The van der Waals surface area contributed by atoms with Crippen LogP contribution in [-0.2, 0) is 18.9 Å². The van der Waals surface area contributed by atoms with E-state index in [0.29, 0.717) is 33.0 Å². The van der Waals surface area contributed by atoms with E-state index in [1.54, 1.807) is 0 Å². The Balaban J connectivity index is 1.68. The van der Waals surface area contributed by atoms with E-state index < -0.39 is 24.6 Å². The zero-order chi connectivity index (χ0) is 13.9. The van der Waals surface area contributed by atoms with Crippen molar-refractivity contribution in [2.45, 2.75) is 37.1 Å². The molecule has 0 aromatic carbocycles. The summed E-state index contributed by atoms with van der Waals surface area (Å²) in [7, 11) is 0. The smallest absolute Gasteiger partial charge is 0.186 e. The molecule has 7 heteroatoms. The van der Waals surface area contributed by atoms with Crippen molar-refractivity contribution in [3.8, 4) is 0 Å².